The number of esters is 1. The Morgan fingerprint density at radius 2 is 1.96 bits per heavy atom. The van der Waals surface area contributed by atoms with Gasteiger partial charge in [0.15, 0.2) is 0 Å². The number of para-hydroxylation sites is 1. The van der Waals surface area contributed by atoms with Crippen LogP contribution in [-0.2, 0) is 16.2 Å². The minimum Gasteiger partial charge on any atom is -0.466 e. The first-order valence-electron chi connectivity index (χ1n) is 8.71. The van der Waals surface area contributed by atoms with E-state index in [0.29, 0.717) is 18.0 Å². The van der Waals surface area contributed by atoms with Crippen LogP contribution in [0.1, 0.15) is 25.6 Å². The van der Waals surface area contributed by atoms with Gasteiger partial charge in [0.05, 0.1) is 19.2 Å². The lowest BCUT2D eigenvalue weighted by Gasteiger charge is -2.30. The number of piperidine rings is 1. The van der Waals surface area contributed by atoms with Crippen LogP contribution < -0.4 is 0 Å². The summed E-state index contributed by atoms with van der Waals surface area (Å²) < 4.78 is 9.67. The lowest BCUT2D eigenvalue weighted by Crippen LogP contribution is -2.38. The van der Waals surface area contributed by atoms with E-state index in [1.807, 2.05) is 53.4 Å². The molecular weight excluding hydrogens is 336 g/mol. The summed E-state index contributed by atoms with van der Waals surface area (Å²) in [5, 5.41) is 4.61. The van der Waals surface area contributed by atoms with E-state index in [0.717, 1.165) is 37.4 Å². The normalized spacial score (nSPS) is 16.1. The Hall–Kier alpha value is -1.99. The zero-order chi connectivity index (χ0) is 17.8. The molecule has 6 nitrogen and oxygen atoms in total. The van der Waals surface area contributed by atoms with Crippen LogP contribution in [0.4, 0.5) is 0 Å². The van der Waals surface area contributed by atoms with Crippen molar-refractivity contribution in [3.8, 4) is 5.69 Å². The predicted octanol–water partition coefficient (Wildman–Crippen LogP) is 2.94. The summed E-state index contributed by atoms with van der Waals surface area (Å²) in [6, 6.07) is 10.0. The fourth-order valence-electron chi connectivity index (χ4n) is 3.24. The number of carbonyl (C=O) groups is 1. The highest BCUT2D eigenvalue weighted by Crippen LogP contribution is 2.19. The van der Waals surface area contributed by atoms with E-state index in [-0.39, 0.29) is 11.9 Å². The van der Waals surface area contributed by atoms with Crippen LogP contribution in [0.2, 0.25) is 0 Å². The minimum atomic E-state index is -0.0667. The molecule has 0 saturated carbocycles. The largest absolute Gasteiger partial charge is 0.466 e. The maximum Gasteiger partial charge on any atom is 0.309 e. The monoisotopic (exact) mass is 360 g/mol. The molecule has 0 atom stereocenters. The number of likely N-dealkylation sites (tertiary alicyclic amines) is 1. The first-order valence-corrected chi connectivity index (χ1v) is 9.12. The third-order valence-corrected chi connectivity index (χ3v) is 4.95. The van der Waals surface area contributed by atoms with Crippen molar-refractivity contribution in [1.82, 2.24) is 19.2 Å². The van der Waals surface area contributed by atoms with Gasteiger partial charge < -0.3 is 4.74 Å². The summed E-state index contributed by atoms with van der Waals surface area (Å²) >= 11 is 5.63. The topological polar surface area (TPSA) is 52.3 Å². The van der Waals surface area contributed by atoms with Crippen LogP contribution in [0.15, 0.2) is 30.3 Å². The standard InChI is InChI=1S/C18H24N4O2S/c1-3-24-17(23)15-9-11-20(12-10-15)13-21-18(25)22(14(2)19-21)16-7-5-4-6-8-16/h4-8,15H,3,9-13H2,1-2H3. The highest BCUT2D eigenvalue weighted by Gasteiger charge is 2.26. The average Bonchev–Trinajstić information content (AvgIpc) is 2.90. The fraction of sp³-hybridized carbons (Fsp3) is 0.500. The summed E-state index contributed by atoms with van der Waals surface area (Å²) in [7, 11) is 0. The molecule has 7 heteroatoms. The molecular formula is C18H24N4O2S. The zero-order valence-electron chi connectivity index (χ0n) is 14.7. The van der Waals surface area contributed by atoms with E-state index in [1.165, 1.54) is 0 Å². The summed E-state index contributed by atoms with van der Waals surface area (Å²) in [6.07, 6.45) is 1.65. The number of aromatic nitrogens is 3. The number of carbonyl (C=O) groups excluding carboxylic acids is 1. The van der Waals surface area contributed by atoms with Gasteiger partial charge in [-0.2, -0.15) is 5.10 Å². The smallest absolute Gasteiger partial charge is 0.309 e. The molecule has 0 unspecified atom stereocenters. The van der Waals surface area contributed by atoms with Crippen molar-refractivity contribution in [3.63, 3.8) is 0 Å². The van der Waals surface area contributed by atoms with Crippen LogP contribution in [0, 0.1) is 17.6 Å². The van der Waals surface area contributed by atoms with Gasteiger partial charge in [-0.15, -0.1) is 0 Å². The van der Waals surface area contributed by atoms with Gasteiger partial charge in [0.2, 0.25) is 4.77 Å². The van der Waals surface area contributed by atoms with Crippen LogP contribution >= 0.6 is 12.2 Å². The van der Waals surface area contributed by atoms with E-state index in [2.05, 4.69) is 10.00 Å². The summed E-state index contributed by atoms with van der Waals surface area (Å²) in [4.78, 5) is 14.1. The Balaban J connectivity index is 1.67. The number of nitrogens with zero attached hydrogens (tertiary/aromatic N) is 4. The quantitative estimate of drug-likeness (QED) is 0.606. The third kappa shape index (κ3) is 3.99. The van der Waals surface area contributed by atoms with E-state index in [4.69, 9.17) is 17.0 Å². The van der Waals surface area contributed by atoms with E-state index >= 15 is 0 Å². The maximum atomic E-state index is 11.8. The number of aryl methyl sites for hydroxylation is 1. The molecule has 25 heavy (non-hydrogen) atoms. The number of hydrogen-bond acceptors (Lipinski definition) is 5. The molecule has 2 heterocycles. The van der Waals surface area contributed by atoms with Crippen LogP contribution in [0.25, 0.3) is 5.69 Å². The molecule has 1 aromatic heterocycles. The summed E-state index contributed by atoms with van der Waals surface area (Å²) in [6.45, 7) is 6.61. The molecule has 1 aromatic carbocycles. The Morgan fingerprint density at radius 3 is 2.60 bits per heavy atom. The second-order valence-corrected chi connectivity index (χ2v) is 6.65. The van der Waals surface area contributed by atoms with E-state index < -0.39 is 0 Å². The van der Waals surface area contributed by atoms with Crippen molar-refractivity contribution < 1.29 is 9.53 Å². The number of rotatable bonds is 5. The molecule has 3 rings (SSSR count). The Labute approximate surface area is 153 Å². The van der Waals surface area contributed by atoms with Crippen molar-refractivity contribution >= 4 is 18.2 Å². The average molecular weight is 360 g/mol. The molecule has 0 N–H and O–H groups in total. The second kappa shape index (κ2) is 7.93. The van der Waals surface area contributed by atoms with Gasteiger partial charge in [-0.05, 0) is 51.0 Å². The molecule has 1 saturated heterocycles. The summed E-state index contributed by atoms with van der Waals surface area (Å²) in [5.74, 6) is 0.827. The predicted molar refractivity (Wildman–Crippen MR) is 98.1 cm³/mol. The minimum absolute atomic E-state index is 0.0211. The lowest BCUT2D eigenvalue weighted by atomic mass is 9.97. The van der Waals surface area contributed by atoms with Gasteiger partial charge in [0.1, 0.15) is 5.82 Å². The maximum absolute atomic E-state index is 11.8. The first-order chi connectivity index (χ1) is 12.1. The molecule has 1 aliphatic rings. The second-order valence-electron chi connectivity index (χ2n) is 6.29. The lowest BCUT2D eigenvalue weighted by molar-refractivity contribution is -0.149. The zero-order valence-corrected chi connectivity index (χ0v) is 15.5. The number of ether oxygens (including phenoxy) is 1. The number of hydrogen-bond donors (Lipinski definition) is 0. The number of benzene rings is 1. The Morgan fingerprint density at radius 1 is 1.28 bits per heavy atom. The van der Waals surface area contributed by atoms with E-state index in [9.17, 15) is 4.79 Å². The molecule has 134 valence electrons. The van der Waals surface area contributed by atoms with E-state index in [1.54, 1.807) is 0 Å². The van der Waals surface area contributed by atoms with Crippen molar-refractivity contribution in [2.75, 3.05) is 19.7 Å². The molecule has 1 fully saturated rings. The van der Waals surface area contributed by atoms with Gasteiger partial charge in [0.25, 0.3) is 0 Å². The van der Waals surface area contributed by atoms with Crippen molar-refractivity contribution in [2.24, 2.45) is 5.92 Å². The van der Waals surface area contributed by atoms with Gasteiger partial charge in [0, 0.05) is 18.8 Å². The van der Waals surface area contributed by atoms with Gasteiger partial charge in [-0.3, -0.25) is 14.3 Å². The van der Waals surface area contributed by atoms with Gasteiger partial charge in [-0.25, -0.2) is 4.68 Å². The first kappa shape index (κ1) is 17.8. The molecule has 2 aromatic rings. The van der Waals surface area contributed by atoms with Gasteiger partial charge in [-0.1, -0.05) is 18.2 Å². The van der Waals surface area contributed by atoms with Crippen molar-refractivity contribution in [3.05, 3.63) is 40.9 Å². The van der Waals surface area contributed by atoms with Crippen LogP contribution in [-0.4, -0.2) is 44.9 Å². The molecule has 1 aliphatic heterocycles. The molecule has 0 amide bonds. The van der Waals surface area contributed by atoms with Crippen LogP contribution in [0.5, 0.6) is 0 Å². The molecule has 0 bridgehead atoms. The highest BCUT2D eigenvalue weighted by molar-refractivity contribution is 7.71. The molecule has 0 aliphatic carbocycles. The third-order valence-electron chi connectivity index (χ3n) is 4.56. The fourth-order valence-corrected chi connectivity index (χ4v) is 3.58. The highest BCUT2D eigenvalue weighted by atomic mass is 32.1. The van der Waals surface area contributed by atoms with Crippen LogP contribution in [0.3, 0.4) is 0 Å². The van der Waals surface area contributed by atoms with Gasteiger partial charge >= 0.3 is 5.97 Å². The SMILES string of the molecule is CCOC(=O)C1CCN(Cn2nc(C)n(-c3ccccc3)c2=S)CC1. The summed E-state index contributed by atoms with van der Waals surface area (Å²) in [5.41, 5.74) is 1.03. The van der Waals surface area contributed by atoms with Crippen molar-refractivity contribution in [2.45, 2.75) is 33.4 Å². The Kier molecular flexibility index (Phi) is 5.65. The molecule has 0 spiro atoms. The molecule has 0 radical (unpaired) electrons. The van der Waals surface area contributed by atoms with Crippen molar-refractivity contribution in [1.29, 1.82) is 0 Å². The Bertz CT molecular complexity index is 776.